The summed E-state index contributed by atoms with van der Waals surface area (Å²) in [6.07, 6.45) is 4.07. The maximum absolute atomic E-state index is 3.57. The Morgan fingerprint density at radius 2 is 1.85 bits per heavy atom. The zero-order chi connectivity index (χ0) is 15.0. The Morgan fingerprint density at radius 1 is 1.15 bits per heavy atom. The van der Waals surface area contributed by atoms with Crippen molar-refractivity contribution in [2.24, 2.45) is 11.3 Å². The van der Waals surface area contributed by atoms with Crippen LogP contribution in [0.3, 0.4) is 0 Å². The fourth-order valence-corrected chi connectivity index (χ4v) is 4.14. The third-order valence-electron chi connectivity index (χ3n) is 5.77. The van der Waals surface area contributed by atoms with Crippen LogP contribution in [0.2, 0.25) is 0 Å². The maximum Gasteiger partial charge on any atom is 0.0277 e. The fourth-order valence-electron chi connectivity index (χ4n) is 4.14. The lowest BCUT2D eigenvalue weighted by atomic mass is 9.69. The van der Waals surface area contributed by atoms with Gasteiger partial charge in [-0.25, -0.2) is 0 Å². The van der Waals surface area contributed by atoms with Gasteiger partial charge in [-0.3, -0.25) is 9.80 Å². The number of nitrogens with one attached hydrogen (secondary N) is 1. The van der Waals surface area contributed by atoms with E-state index >= 15 is 0 Å². The summed E-state index contributed by atoms with van der Waals surface area (Å²) in [4.78, 5) is 5.21. The van der Waals surface area contributed by atoms with Crippen molar-refractivity contribution in [2.75, 3.05) is 40.3 Å². The molecule has 0 amide bonds. The molecule has 1 aliphatic carbocycles. The summed E-state index contributed by atoms with van der Waals surface area (Å²) >= 11 is 0. The Hall–Kier alpha value is -0.120. The van der Waals surface area contributed by atoms with Crippen LogP contribution in [0.4, 0.5) is 0 Å². The first-order valence-corrected chi connectivity index (χ1v) is 8.34. The predicted octanol–water partition coefficient (Wildman–Crippen LogP) is 2.43. The van der Waals surface area contributed by atoms with Crippen molar-refractivity contribution in [2.45, 2.75) is 58.5 Å². The normalized spacial score (nSPS) is 35.1. The number of hydrogen-bond donors (Lipinski definition) is 1. The van der Waals surface area contributed by atoms with Crippen molar-refractivity contribution in [3.05, 3.63) is 0 Å². The Morgan fingerprint density at radius 3 is 2.45 bits per heavy atom. The van der Waals surface area contributed by atoms with E-state index in [1.807, 2.05) is 0 Å². The van der Waals surface area contributed by atoms with Crippen molar-refractivity contribution >= 4 is 0 Å². The average Bonchev–Trinajstić information content (AvgIpc) is 2.33. The lowest BCUT2D eigenvalue weighted by Crippen LogP contribution is -2.59. The summed E-state index contributed by atoms with van der Waals surface area (Å²) in [6.45, 7) is 14.5. The van der Waals surface area contributed by atoms with Crippen LogP contribution < -0.4 is 5.32 Å². The van der Waals surface area contributed by atoms with Gasteiger partial charge in [-0.05, 0) is 58.5 Å². The van der Waals surface area contributed by atoms with Crippen LogP contribution in [0.25, 0.3) is 0 Å². The molecule has 2 fully saturated rings. The highest BCUT2D eigenvalue weighted by molar-refractivity contribution is 4.93. The molecule has 2 atom stereocenters. The predicted molar refractivity (Wildman–Crippen MR) is 87.1 cm³/mol. The van der Waals surface area contributed by atoms with E-state index in [1.165, 1.54) is 45.4 Å². The SMILES string of the molecule is CNC1CCC(C)(C)CC1CN1CCN(C)C(C)(C)C1. The molecule has 118 valence electrons. The summed E-state index contributed by atoms with van der Waals surface area (Å²) in [5.41, 5.74) is 0.845. The zero-order valence-electron chi connectivity index (χ0n) is 14.5. The van der Waals surface area contributed by atoms with E-state index in [1.54, 1.807) is 0 Å². The maximum atomic E-state index is 3.57. The van der Waals surface area contributed by atoms with E-state index in [4.69, 9.17) is 0 Å². The smallest absolute Gasteiger partial charge is 0.0277 e. The van der Waals surface area contributed by atoms with Gasteiger partial charge in [0.2, 0.25) is 0 Å². The quantitative estimate of drug-likeness (QED) is 0.857. The van der Waals surface area contributed by atoms with Crippen molar-refractivity contribution in [3.8, 4) is 0 Å². The lowest BCUT2D eigenvalue weighted by molar-refractivity contribution is 0.0165. The van der Waals surface area contributed by atoms with E-state index in [0.717, 1.165) is 5.92 Å². The third-order valence-corrected chi connectivity index (χ3v) is 5.77. The van der Waals surface area contributed by atoms with Crippen molar-refractivity contribution in [3.63, 3.8) is 0 Å². The highest BCUT2D eigenvalue weighted by atomic mass is 15.3. The largest absolute Gasteiger partial charge is 0.317 e. The van der Waals surface area contributed by atoms with Gasteiger partial charge in [0.15, 0.2) is 0 Å². The third kappa shape index (κ3) is 3.75. The molecule has 0 aromatic rings. The summed E-state index contributed by atoms with van der Waals surface area (Å²) in [7, 11) is 4.40. The first-order chi connectivity index (χ1) is 9.23. The molecule has 2 unspecified atom stereocenters. The molecule has 0 aromatic heterocycles. The highest BCUT2D eigenvalue weighted by Crippen LogP contribution is 2.39. The minimum absolute atomic E-state index is 0.317. The molecule has 0 radical (unpaired) electrons. The monoisotopic (exact) mass is 281 g/mol. The number of rotatable bonds is 3. The van der Waals surface area contributed by atoms with Crippen LogP contribution in [0.5, 0.6) is 0 Å². The molecule has 0 aromatic carbocycles. The van der Waals surface area contributed by atoms with Gasteiger partial charge in [-0.15, -0.1) is 0 Å². The van der Waals surface area contributed by atoms with Gasteiger partial charge in [0, 0.05) is 37.8 Å². The highest BCUT2D eigenvalue weighted by Gasteiger charge is 2.37. The van der Waals surface area contributed by atoms with Gasteiger partial charge in [-0.2, -0.15) is 0 Å². The van der Waals surface area contributed by atoms with Crippen LogP contribution in [0, 0.1) is 11.3 Å². The number of nitrogens with zero attached hydrogens (tertiary/aromatic N) is 2. The summed E-state index contributed by atoms with van der Waals surface area (Å²) in [5.74, 6) is 0.808. The fraction of sp³-hybridized carbons (Fsp3) is 1.00. The molecule has 1 aliphatic heterocycles. The van der Waals surface area contributed by atoms with Crippen LogP contribution in [-0.4, -0.2) is 61.7 Å². The molecule has 1 N–H and O–H groups in total. The van der Waals surface area contributed by atoms with E-state index < -0.39 is 0 Å². The Labute approximate surface area is 126 Å². The molecule has 2 rings (SSSR count). The van der Waals surface area contributed by atoms with Crippen LogP contribution in [-0.2, 0) is 0 Å². The zero-order valence-corrected chi connectivity index (χ0v) is 14.5. The standard InChI is InChI=1S/C17H35N3/c1-16(2)8-7-15(18-5)14(11-16)12-20-10-9-19(6)17(3,4)13-20/h14-15,18H,7-13H2,1-6H3. The molecular weight excluding hydrogens is 246 g/mol. The Kier molecular flexibility index (Phi) is 4.83. The van der Waals surface area contributed by atoms with E-state index in [2.05, 4.69) is 56.9 Å². The molecule has 1 saturated carbocycles. The molecule has 20 heavy (non-hydrogen) atoms. The van der Waals surface area contributed by atoms with Crippen LogP contribution in [0.15, 0.2) is 0 Å². The van der Waals surface area contributed by atoms with Gasteiger partial charge in [0.1, 0.15) is 0 Å². The molecule has 1 heterocycles. The first kappa shape index (κ1) is 16.3. The summed E-state index contributed by atoms with van der Waals surface area (Å²) < 4.78 is 0. The van der Waals surface area contributed by atoms with Gasteiger partial charge in [0.25, 0.3) is 0 Å². The van der Waals surface area contributed by atoms with Crippen molar-refractivity contribution in [1.29, 1.82) is 0 Å². The topological polar surface area (TPSA) is 18.5 Å². The molecule has 1 saturated heterocycles. The number of likely N-dealkylation sites (N-methyl/N-ethyl adjacent to an activating group) is 1. The molecule has 0 spiro atoms. The Balaban J connectivity index is 1.97. The Bertz CT molecular complexity index is 324. The molecular formula is C17H35N3. The number of hydrogen-bond acceptors (Lipinski definition) is 3. The minimum atomic E-state index is 0.317. The molecule has 2 aliphatic rings. The second kappa shape index (κ2) is 5.94. The van der Waals surface area contributed by atoms with E-state index in [9.17, 15) is 0 Å². The van der Waals surface area contributed by atoms with E-state index in [0.29, 0.717) is 17.0 Å². The van der Waals surface area contributed by atoms with Crippen LogP contribution >= 0.6 is 0 Å². The van der Waals surface area contributed by atoms with E-state index in [-0.39, 0.29) is 0 Å². The first-order valence-electron chi connectivity index (χ1n) is 8.34. The average molecular weight is 281 g/mol. The summed E-state index contributed by atoms with van der Waals surface area (Å²) in [6, 6.07) is 0.714. The van der Waals surface area contributed by atoms with Crippen LogP contribution in [0.1, 0.15) is 47.0 Å². The van der Waals surface area contributed by atoms with Crippen molar-refractivity contribution < 1.29 is 0 Å². The number of piperazine rings is 1. The lowest BCUT2D eigenvalue weighted by Gasteiger charge is -2.48. The van der Waals surface area contributed by atoms with Gasteiger partial charge >= 0.3 is 0 Å². The molecule has 3 nitrogen and oxygen atoms in total. The van der Waals surface area contributed by atoms with Gasteiger partial charge in [-0.1, -0.05) is 13.8 Å². The van der Waals surface area contributed by atoms with Crippen molar-refractivity contribution in [1.82, 2.24) is 15.1 Å². The van der Waals surface area contributed by atoms with Gasteiger partial charge in [0.05, 0.1) is 0 Å². The minimum Gasteiger partial charge on any atom is -0.317 e. The summed E-state index contributed by atoms with van der Waals surface area (Å²) in [5, 5.41) is 3.57. The molecule has 3 heteroatoms. The second-order valence-electron chi connectivity index (χ2n) is 8.53. The second-order valence-corrected chi connectivity index (χ2v) is 8.53. The molecule has 0 bridgehead atoms. The van der Waals surface area contributed by atoms with Gasteiger partial charge < -0.3 is 5.32 Å².